The Morgan fingerprint density at radius 2 is 1.88 bits per heavy atom. The van der Waals surface area contributed by atoms with E-state index >= 15 is 0 Å². The summed E-state index contributed by atoms with van der Waals surface area (Å²) in [5.41, 5.74) is -0.834. The van der Waals surface area contributed by atoms with Crippen LogP contribution in [0, 0.1) is 5.92 Å². The zero-order chi connectivity index (χ0) is 12.8. The van der Waals surface area contributed by atoms with Gasteiger partial charge in [0.1, 0.15) is 0 Å². The van der Waals surface area contributed by atoms with E-state index in [1.165, 1.54) is 0 Å². The molecule has 96 valence electrons. The summed E-state index contributed by atoms with van der Waals surface area (Å²) in [5.74, 6) is 0.103. The van der Waals surface area contributed by atoms with Crippen molar-refractivity contribution in [2.45, 2.75) is 40.2 Å². The van der Waals surface area contributed by atoms with Gasteiger partial charge in [-0.05, 0) is 25.9 Å². The Morgan fingerprint density at radius 1 is 1.38 bits per heavy atom. The minimum absolute atomic E-state index is 0.0235. The van der Waals surface area contributed by atoms with Crippen molar-refractivity contribution >= 4 is 5.91 Å². The number of carbonyl (C=O) groups is 1. The molecule has 0 radical (unpaired) electrons. The first kappa shape index (κ1) is 15.4. The molecule has 0 aliphatic heterocycles. The average molecular weight is 230 g/mol. The number of likely N-dealkylation sites (N-methyl/N-ethyl adjacent to an activating group) is 1. The number of hydrogen-bond donors (Lipinski definition) is 2. The molecule has 2 N–H and O–H groups in total. The van der Waals surface area contributed by atoms with E-state index in [2.05, 4.69) is 5.32 Å². The first-order chi connectivity index (χ1) is 7.33. The molecule has 0 aliphatic rings. The maximum atomic E-state index is 11.6. The van der Waals surface area contributed by atoms with Crippen LogP contribution in [0.4, 0.5) is 0 Å². The van der Waals surface area contributed by atoms with Crippen molar-refractivity contribution in [1.82, 2.24) is 10.2 Å². The Balaban J connectivity index is 3.98. The molecule has 0 fully saturated rings. The lowest BCUT2D eigenvalue weighted by Crippen LogP contribution is -2.47. The second-order valence-corrected chi connectivity index (χ2v) is 4.75. The summed E-state index contributed by atoms with van der Waals surface area (Å²) in [4.78, 5) is 13.6. The van der Waals surface area contributed by atoms with Crippen molar-refractivity contribution in [2.75, 3.05) is 26.2 Å². The van der Waals surface area contributed by atoms with Crippen LogP contribution >= 0.6 is 0 Å². The fraction of sp³-hybridized carbons (Fsp3) is 0.917. The number of nitrogens with one attached hydrogen (secondary N) is 1. The molecule has 0 aromatic rings. The van der Waals surface area contributed by atoms with E-state index in [4.69, 9.17) is 0 Å². The molecule has 0 aliphatic carbocycles. The van der Waals surface area contributed by atoms with Gasteiger partial charge in [0.2, 0.25) is 5.91 Å². The highest BCUT2D eigenvalue weighted by Gasteiger charge is 2.25. The van der Waals surface area contributed by atoms with Crippen LogP contribution in [0.2, 0.25) is 0 Å². The molecule has 1 unspecified atom stereocenters. The molecule has 0 bridgehead atoms. The highest BCUT2D eigenvalue weighted by Crippen LogP contribution is 2.14. The van der Waals surface area contributed by atoms with Gasteiger partial charge in [0, 0.05) is 6.54 Å². The van der Waals surface area contributed by atoms with Gasteiger partial charge in [-0.2, -0.15) is 0 Å². The zero-order valence-corrected chi connectivity index (χ0v) is 11.2. The second kappa shape index (κ2) is 6.86. The summed E-state index contributed by atoms with van der Waals surface area (Å²) < 4.78 is 0. The van der Waals surface area contributed by atoms with Crippen LogP contribution in [-0.2, 0) is 4.79 Å². The third-order valence-electron chi connectivity index (χ3n) is 3.15. The molecule has 1 atom stereocenters. The van der Waals surface area contributed by atoms with Gasteiger partial charge in [0.25, 0.3) is 0 Å². The molecular weight excluding hydrogens is 204 g/mol. The molecule has 4 nitrogen and oxygen atoms in total. The standard InChI is InChI=1S/C12H26N2O2/c1-6-14(7-2)8-11(15)13-9-12(5,16)10(3)4/h10,16H,6-9H2,1-5H3,(H,13,15). The quantitative estimate of drug-likeness (QED) is 0.682. The van der Waals surface area contributed by atoms with Gasteiger partial charge in [-0.25, -0.2) is 0 Å². The SMILES string of the molecule is CCN(CC)CC(=O)NCC(C)(O)C(C)C. The van der Waals surface area contributed by atoms with E-state index < -0.39 is 5.60 Å². The first-order valence-corrected chi connectivity index (χ1v) is 6.04. The normalized spacial score (nSPS) is 15.2. The van der Waals surface area contributed by atoms with Crippen LogP contribution in [0.15, 0.2) is 0 Å². The highest BCUT2D eigenvalue weighted by molar-refractivity contribution is 5.78. The van der Waals surface area contributed by atoms with Gasteiger partial charge in [0.05, 0.1) is 12.1 Å². The number of carbonyl (C=O) groups excluding carboxylic acids is 1. The van der Waals surface area contributed by atoms with Gasteiger partial charge in [-0.1, -0.05) is 27.7 Å². The lowest BCUT2D eigenvalue weighted by molar-refractivity contribution is -0.123. The molecule has 16 heavy (non-hydrogen) atoms. The van der Waals surface area contributed by atoms with Gasteiger partial charge in [-0.15, -0.1) is 0 Å². The second-order valence-electron chi connectivity index (χ2n) is 4.75. The molecule has 0 aromatic carbocycles. The summed E-state index contributed by atoms with van der Waals surface area (Å²) in [5, 5.41) is 12.7. The summed E-state index contributed by atoms with van der Waals surface area (Å²) in [6.45, 7) is 12.1. The minimum Gasteiger partial charge on any atom is -0.388 e. The third-order valence-corrected chi connectivity index (χ3v) is 3.15. The first-order valence-electron chi connectivity index (χ1n) is 6.04. The summed E-state index contributed by atoms with van der Waals surface area (Å²) >= 11 is 0. The lowest BCUT2D eigenvalue weighted by atomic mass is 9.92. The molecule has 0 spiro atoms. The third kappa shape index (κ3) is 5.47. The Kier molecular flexibility index (Phi) is 6.60. The fourth-order valence-corrected chi connectivity index (χ4v) is 1.19. The van der Waals surface area contributed by atoms with Crippen LogP contribution < -0.4 is 5.32 Å². The van der Waals surface area contributed by atoms with E-state index in [0.29, 0.717) is 13.1 Å². The highest BCUT2D eigenvalue weighted by atomic mass is 16.3. The predicted octanol–water partition coefficient (Wildman–Crippen LogP) is 0.851. The average Bonchev–Trinajstić information content (AvgIpc) is 2.23. The van der Waals surface area contributed by atoms with E-state index in [1.807, 2.05) is 32.6 Å². The van der Waals surface area contributed by atoms with E-state index in [1.54, 1.807) is 6.92 Å². The Hall–Kier alpha value is -0.610. The number of nitrogens with zero attached hydrogens (tertiary/aromatic N) is 1. The number of hydrogen-bond acceptors (Lipinski definition) is 3. The van der Waals surface area contributed by atoms with E-state index in [9.17, 15) is 9.90 Å². The van der Waals surface area contributed by atoms with Gasteiger partial charge >= 0.3 is 0 Å². The van der Waals surface area contributed by atoms with Crippen molar-refractivity contribution in [3.63, 3.8) is 0 Å². The summed E-state index contributed by atoms with van der Waals surface area (Å²) in [6.07, 6.45) is 0. The van der Waals surface area contributed by atoms with Crippen LogP contribution in [0.25, 0.3) is 0 Å². The van der Waals surface area contributed by atoms with Gasteiger partial charge < -0.3 is 10.4 Å². The van der Waals surface area contributed by atoms with Crippen LogP contribution in [0.3, 0.4) is 0 Å². The molecule has 0 aromatic heterocycles. The number of rotatable bonds is 7. The van der Waals surface area contributed by atoms with E-state index in [-0.39, 0.29) is 11.8 Å². The maximum absolute atomic E-state index is 11.6. The lowest BCUT2D eigenvalue weighted by Gasteiger charge is -2.28. The van der Waals surface area contributed by atoms with Crippen molar-refractivity contribution in [3.8, 4) is 0 Å². The Labute approximate surface area is 99.0 Å². The molecule has 1 amide bonds. The predicted molar refractivity (Wildman–Crippen MR) is 66.3 cm³/mol. The van der Waals surface area contributed by atoms with E-state index in [0.717, 1.165) is 13.1 Å². The maximum Gasteiger partial charge on any atom is 0.234 e. The summed E-state index contributed by atoms with van der Waals surface area (Å²) in [7, 11) is 0. The van der Waals surface area contributed by atoms with Crippen LogP contribution in [-0.4, -0.2) is 47.7 Å². The number of aliphatic hydroxyl groups is 1. The molecule has 0 saturated carbocycles. The summed E-state index contributed by atoms with van der Waals surface area (Å²) in [6, 6.07) is 0. The Morgan fingerprint density at radius 3 is 2.25 bits per heavy atom. The van der Waals surface area contributed by atoms with Crippen LogP contribution in [0.1, 0.15) is 34.6 Å². The zero-order valence-electron chi connectivity index (χ0n) is 11.2. The minimum atomic E-state index is -0.834. The van der Waals surface area contributed by atoms with Crippen molar-refractivity contribution in [1.29, 1.82) is 0 Å². The Bertz CT molecular complexity index is 211. The monoisotopic (exact) mass is 230 g/mol. The number of amides is 1. The van der Waals surface area contributed by atoms with Crippen molar-refractivity contribution < 1.29 is 9.90 Å². The van der Waals surface area contributed by atoms with Crippen molar-refractivity contribution in [3.05, 3.63) is 0 Å². The fourth-order valence-electron chi connectivity index (χ4n) is 1.19. The molecule has 0 saturated heterocycles. The van der Waals surface area contributed by atoms with Crippen molar-refractivity contribution in [2.24, 2.45) is 5.92 Å². The largest absolute Gasteiger partial charge is 0.388 e. The molecule has 4 heteroatoms. The molecule has 0 rings (SSSR count). The molecular formula is C12H26N2O2. The molecule has 0 heterocycles. The topological polar surface area (TPSA) is 52.6 Å². The van der Waals surface area contributed by atoms with Gasteiger partial charge in [-0.3, -0.25) is 9.69 Å². The van der Waals surface area contributed by atoms with Gasteiger partial charge in [0.15, 0.2) is 0 Å². The smallest absolute Gasteiger partial charge is 0.234 e. The van der Waals surface area contributed by atoms with Crippen LogP contribution in [0.5, 0.6) is 0 Å².